The molecule has 0 aromatic rings. The Kier molecular flexibility index (Phi) is 3.37. The molecule has 0 spiro atoms. The summed E-state index contributed by atoms with van der Waals surface area (Å²) in [6, 6.07) is 1.36. The molecular weight excluding hydrogens is 214 g/mol. The molecule has 2 aliphatic heterocycles. The zero-order chi connectivity index (χ0) is 11.7. The molecule has 3 nitrogen and oxygen atoms in total. The lowest BCUT2D eigenvalue weighted by molar-refractivity contribution is -0.145. The summed E-state index contributed by atoms with van der Waals surface area (Å²) in [7, 11) is 0. The van der Waals surface area contributed by atoms with Crippen molar-refractivity contribution in [3.05, 3.63) is 0 Å². The number of piperidine rings is 1. The highest BCUT2D eigenvalue weighted by molar-refractivity contribution is 5.69. The van der Waals surface area contributed by atoms with E-state index in [0.29, 0.717) is 31.0 Å². The van der Waals surface area contributed by atoms with Gasteiger partial charge in [-0.15, -0.1) is 0 Å². The lowest BCUT2D eigenvalue weighted by atomic mass is 9.90. The van der Waals surface area contributed by atoms with E-state index in [1.807, 2.05) is 0 Å². The molecule has 2 bridgehead atoms. The molecule has 96 valence electrons. The smallest absolute Gasteiger partial charge is 0.306 e. The topological polar surface area (TPSA) is 38.3 Å². The number of nitrogens with one attached hydrogen (secondary N) is 1. The molecular formula is C14H23NO2. The predicted octanol–water partition coefficient (Wildman–Crippen LogP) is 2.25. The van der Waals surface area contributed by atoms with Gasteiger partial charge in [0.1, 0.15) is 0 Å². The van der Waals surface area contributed by atoms with E-state index in [1.54, 1.807) is 0 Å². The molecule has 1 saturated carbocycles. The highest BCUT2D eigenvalue weighted by atomic mass is 16.5. The number of hydrogen-bond acceptors (Lipinski definition) is 3. The number of fused-ring (bicyclic) bond motifs is 2. The fraction of sp³-hybridized carbons (Fsp3) is 0.929. The van der Waals surface area contributed by atoms with Crippen molar-refractivity contribution in [2.75, 3.05) is 6.61 Å². The monoisotopic (exact) mass is 237 g/mol. The molecule has 2 atom stereocenters. The maximum absolute atomic E-state index is 11.7. The van der Waals surface area contributed by atoms with E-state index < -0.39 is 0 Å². The summed E-state index contributed by atoms with van der Waals surface area (Å²) in [6.07, 6.45) is 9.38. The van der Waals surface area contributed by atoms with Crippen LogP contribution in [0.5, 0.6) is 0 Å². The normalized spacial score (nSPS) is 35.9. The number of carbonyl (C=O) groups excluding carboxylic acids is 1. The molecule has 3 fully saturated rings. The van der Waals surface area contributed by atoms with Gasteiger partial charge in [0.2, 0.25) is 0 Å². The van der Waals surface area contributed by atoms with E-state index in [2.05, 4.69) is 5.32 Å². The predicted molar refractivity (Wildman–Crippen MR) is 65.6 cm³/mol. The first-order valence-electron chi connectivity index (χ1n) is 7.21. The Bertz CT molecular complexity index is 276. The summed E-state index contributed by atoms with van der Waals surface area (Å²) in [4.78, 5) is 11.7. The van der Waals surface area contributed by atoms with Crippen molar-refractivity contribution < 1.29 is 9.53 Å². The van der Waals surface area contributed by atoms with Crippen LogP contribution in [0.2, 0.25) is 0 Å². The summed E-state index contributed by atoms with van der Waals surface area (Å²) in [6.45, 7) is 0.654. The Morgan fingerprint density at radius 2 is 1.76 bits per heavy atom. The Morgan fingerprint density at radius 1 is 1.06 bits per heavy atom. The van der Waals surface area contributed by atoms with Crippen LogP contribution in [-0.4, -0.2) is 24.7 Å². The van der Waals surface area contributed by atoms with E-state index in [-0.39, 0.29) is 5.97 Å². The average Bonchev–Trinajstić information content (AvgIpc) is 3.04. The molecule has 2 unspecified atom stereocenters. The molecule has 17 heavy (non-hydrogen) atoms. The van der Waals surface area contributed by atoms with Crippen LogP contribution in [0.1, 0.15) is 51.4 Å². The Labute approximate surface area is 103 Å². The molecule has 2 heterocycles. The van der Waals surface area contributed by atoms with Gasteiger partial charge in [-0.3, -0.25) is 4.79 Å². The quantitative estimate of drug-likeness (QED) is 0.745. The lowest BCUT2D eigenvalue weighted by Crippen LogP contribution is -2.38. The van der Waals surface area contributed by atoms with Crippen LogP contribution in [0.25, 0.3) is 0 Å². The highest BCUT2D eigenvalue weighted by Crippen LogP contribution is 2.33. The number of ether oxygens (including phenoxy) is 1. The van der Waals surface area contributed by atoms with Crippen molar-refractivity contribution in [3.63, 3.8) is 0 Å². The van der Waals surface area contributed by atoms with Gasteiger partial charge in [0.05, 0.1) is 6.61 Å². The third-order valence-electron chi connectivity index (χ3n) is 4.51. The Balaban J connectivity index is 1.35. The molecule has 3 heteroatoms. The van der Waals surface area contributed by atoms with E-state index >= 15 is 0 Å². The van der Waals surface area contributed by atoms with E-state index in [0.717, 1.165) is 12.3 Å². The lowest BCUT2D eigenvalue weighted by Gasteiger charge is -2.28. The van der Waals surface area contributed by atoms with Gasteiger partial charge in [-0.25, -0.2) is 0 Å². The zero-order valence-corrected chi connectivity index (χ0v) is 10.5. The van der Waals surface area contributed by atoms with Gasteiger partial charge < -0.3 is 10.1 Å². The Morgan fingerprint density at radius 3 is 2.41 bits per heavy atom. The molecule has 3 rings (SSSR count). The van der Waals surface area contributed by atoms with Crippen LogP contribution < -0.4 is 5.32 Å². The second kappa shape index (κ2) is 4.97. The summed E-state index contributed by atoms with van der Waals surface area (Å²) >= 11 is 0. The standard InChI is InChI=1S/C14H23NO2/c16-14(17-6-5-10-1-2-10)9-11-7-12-3-4-13(8-11)15-12/h10-13,15H,1-9H2. The minimum Gasteiger partial charge on any atom is -0.466 e. The zero-order valence-electron chi connectivity index (χ0n) is 10.5. The summed E-state index contributed by atoms with van der Waals surface area (Å²) in [5.74, 6) is 1.47. The first-order valence-corrected chi connectivity index (χ1v) is 7.21. The number of esters is 1. The van der Waals surface area contributed by atoms with Crippen molar-refractivity contribution in [1.29, 1.82) is 0 Å². The van der Waals surface area contributed by atoms with Crippen LogP contribution in [0.3, 0.4) is 0 Å². The summed E-state index contributed by atoms with van der Waals surface area (Å²) < 4.78 is 5.33. The molecule has 1 aliphatic carbocycles. The Hall–Kier alpha value is -0.570. The third-order valence-corrected chi connectivity index (χ3v) is 4.51. The molecule has 3 aliphatic rings. The van der Waals surface area contributed by atoms with Gasteiger partial charge in [-0.05, 0) is 43.9 Å². The van der Waals surface area contributed by atoms with Crippen molar-refractivity contribution in [1.82, 2.24) is 5.32 Å². The van der Waals surface area contributed by atoms with Crippen molar-refractivity contribution in [3.8, 4) is 0 Å². The van der Waals surface area contributed by atoms with Gasteiger partial charge in [0, 0.05) is 18.5 Å². The van der Waals surface area contributed by atoms with Crippen LogP contribution in [0.15, 0.2) is 0 Å². The number of rotatable bonds is 5. The van der Waals surface area contributed by atoms with Crippen molar-refractivity contribution in [2.24, 2.45) is 11.8 Å². The minimum atomic E-state index is 0.0388. The second-order valence-corrected chi connectivity index (χ2v) is 6.13. The van der Waals surface area contributed by atoms with E-state index in [1.165, 1.54) is 38.5 Å². The average molecular weight is 237 g/mol. The first kappa shape index (κ1) is 11.5. The SMILES string of the molecule is O=C(CC1CC2CCC(C1)N2)OCCC1CC1. The van der Waals surface area contributed by atoms with Crippen LogP contribution in [0, 0.1) is 11.8 Å². The maximum Gasteiger partial charge on any atom is 0.306 e. The maximum atomic E-state index is 11.7. The number of carbonyl (C=O) groups is 1. The largest absolute Gasteiger partial charge is 0.466 e. The van der Waals surface area contributed by atoms with Crippen molar-refractivity contribution >= 4 is 5.97 Å². The fourth-order valence-electron chi connectivity index (χ4n) is 3.38. The van der Waals surface area contributed by atoms with Gasteiger partial charge in [-0.1, -0.05) is 12.8 Å². The number of hydrogen-bond donors (Lipinski definition) is 1. The van der Waals surface area contributed by atoms with Gasteiger partial charge >= 0.3 is 5.97 Å². The minimum absolute atomic E-state index is 0.0388. The van der Waals surface area contributed by atoms with E-state index in [4.69, 9.17) is 4.74 Å². The molecule has 2 saturated heterocycles. The molecule has 1 N–H and O–H groups in total. The molecule has 0 amide bonds. The summed E-state index contributed by atoms with van der Waals surface area (Å²) in [5, 5.41) is 3.61. The van der Waals surface area contributed by atoms with Crippen LogP contribution in [0.4, 0.5) is 0 Å². The van der Waals surface area contributed by atoms with Crippen LogP contribution >= 0.6 is 0 Å². The van der Waals surface area contributed by atoms with Crippen LogP contribution in [-0.2, 0) is 9.53 Å². The molecule has 0 aromatic heterocycles. The van der Waals surface area contributed by atoms with Gasteiger partial charge in [0.15, 0.2) is 0 Å². The second-order valence-electron chi connectivity index (χ2n) is 6.13. The first-order chi connectivity index (χ1) is 8.29. The van der Waals surface area contributed by atoms with E-state index in [9.17, 15) is 4.79 Å². The third kappa shape index (κ3) is 3.21. The van der Waals surface area contributed by atoms with Gasteiger partial charge in [0.25, 0.3) is 0 Å². The molecule has 0 radical (unpaired) electrons. The fourth-order valence-corrected chi connectivity index (χ4v) is 3.38. The van der Waals surface area contributed by atoms with Gasteiger partial charge in [-0.2, -0.15) is 0 Å². The molecule has 0 aromatic carbocycles. The highest BCUT2D eigenvalue weighted by Gasteiger charge is 2.34. The summed E-state index contributed by atoms with van der Waals surface area (Å²) in [5.41, 5.74) is 0. The van der Waals surface area contributed by atoms with Crippen molar-refractivity contribution in [2.45, 2.75) is 63.5 Å².